The highest BCUT2D eigenvalue weighted by atomic mass is 16.5. The van der Waals surface area contributed by atoms with Crippen LogP contribution in [0.15, 0.2) is 54.6 Å². The van der Waals surface area contributed by atoms with Gasteiger partial charge in [0.2, 0.25) is 0 Å². The molecule has 1 N–H and O–H groups in total. The molecule has 3 rings (SSSR count). The van der Waals surface area contributed by atoms with E-state index < -0.39 is 0 Å². The minimum atomic E-state index is -0.303. The van der Waals surface area contributed by atoms with Crippen molar-refractivity contribution in [3.63, 3.8) is 0 Å². The summed E-state index contributed by atoms with van der Waals surface area (Å²) in [6.07, 6.45) is 7.46. The van der Waals surface area contributed by atoms with Gasteiger partial charge in [0, 0.05) is 12.0 Å². The zero-order valence-corrected chi connectivity index (χ0v) is 18.1. The number of unbranched alkanes of at least 4 members (excludes halogenated alkanes) is 2. The Morgan fingerprint density at radius 1 is 1.07 bits per heavy atom. The van der Waals surface area contributed by atoms with Gasteiger partial charge in [0.1, 0.15) is 5.75 Å². The van der Waals surface area contributed by atoms with Crippen molar-refractivity contribution in [1.82, 2.24) is 4.90 Å². The molecule has 2 aromatic rings. The van der Waals surface area contributed by atoms with Gasteiger partial charge in [0.25, 0.3) is 0 Å². The van der Waals surface area contributed by atoms with Gasteiger partial charge in [-0.25, -0.2) is 0 Å². The lowest BCUT2D eigenvalue weighted by molar-refractivity contribution is 0.0614. The minimum Gasteiger partial charge on any atom is -0.497 e. The fourth-order valence-electron chi connectivity index (χ4n) is 4.81. The van der Waals surface area contributed by atoms with Gasteiger partial charge in [0.05, 0.1) is 13.2 Å². The molecule has 1 saturated heterocycles. The number of hydrogen-bond acceptors (Lipinski definition) is 3. The molecule has 0 aliphatic carbocycles. The third kappa shape index (κ3) is 5.61. The molecule has 0 amide bonds. The second-order valence-electron chi connectivity index (χ2n) is 8.47. The zero-order chi connectivity index (χ0) is 20.5. The maximum Gasteiger partial charge on any atom is 0.119 e. The van der Waals surface area contributed by atoms with Crippen LogP contribution in [0, 0.1) is 0 Å². The predicted octanol–water partition coefficient (Wildman–Crippen LogP) is 5.21. The lowest BCUT2D eigenvalue weighted by Gasteiger charge is -2.39. The van der Waals surface area contributed by atoms with Crippen LogP contribution < -0.4 is 4.74 Å². The zero-order valence-electron chi connectivity index (χ0n) is 18.1. The molecule has 0 unspecified atom stereocenters. The van der Waals surface area contributed by atoms with Crippen molar-refractivity contribution < 1.29 is 9.84 Å². The van der Waals surface area contributed by atoms with E-state index in [1.807, 2.05) is 6.07 Å². The molecule has 0 aromatic heterocycles. The first-order valence-electron chi connectivity index (χ1n) is 11.3. The highest BCUT2D eigenvalue weighted by molar-refractivity contribution is 5.35. The van der Waals surface area contributed by atoms with Crippen molar-refractivity contribution in [3.8, 4) is 5.75 Å². The number of aliphatic hydroxyl groups is 1. The summed E-state index contributed by atoms with van der Waals surface area (Å²) in [5.41, 5.74) is 2.44. The Bertz CT molecular complexity index is 732. The molecule has 0 saturated carbocycles. The number of ether oxygens (including phenoxy) is 1. The largest absolute Gasteiger partial charge is 0.497 e. The molecule has 1 heterocycles. The van der Waals surface area contributed by atoms with Crippen molar-refractivity contribution in [3.05, 3.63) is 65.7 Å². The summed E-state index contributed by atoms with van der Waals surface area (Å²) in [5, 5.41) is 11.1. The molecule has 3 nitrogen and oxygen atoms in total. The van der Waals surface area contributed by atoms with Gasteiger partial charge in [-0.05, 0) is 74.9 Å². The third-order valence-electron chi connectivity index (χ3n) is 6.65. The fourth-order valence-corrected chi connectivity index (χ4v) is 4.81. The standard InChI is InChI=1S/C26H37NO2/c1-3-26(23-15-10-16-24(20-23)29-2)21-27(19-11-17-25(26)28)18-9-5-8-14-22-12-6-4-7-13-22/h4,6-7,10,12-13,15-16,20,25,28H,3,5,8-9,11,14,17-19,21H2,1-2H3/t25-,26+/m1/s1. The Hall–Kier alpha value is -1.84. The monoisotopic (exact) mass is 395 g/mol. The lowest BCUT2D eigenvalue weighted by atomic mass is 9.72. The van der Waals surface area contributed by atoms with Crippen LogP contribution >= 0.6 is 0 Å². The molecule has 3 heteroatoms. The highest BCUT2D eigenvalue weighted by Crippen LogP contribution is 2.38. The Kier molecular flexibility index (Phi) is 8.14. The van der Waals surface area contributed by atoms with E-state index in [2.05, 4.69) is 60.4 Å². The topological polar surface area (TPSA) is 32.7 Å². The van der Waals surface area contributed by atoms with E-state index in [9.17, 15) is 5.11 Å². The molecule has 2 aromatic carbocycles. The van der Waals surface area contributed by atoms with Gasteiger partial charge < -0.3 is 14.7 Å². The van der Waals surface area contributed by atoms with Crippen LogP contribution in [-0.4, -0.2) is 42.9 Å². The van der Waals surface area contributed by atoms with E-state index in [0.717, 1.165) is 44.6 Å². The Morgan fingerprint density at radius 3 is 2.66 bits per heavy atom. The summed E-state index contributed by atoms with van der Waals surface area (Å²) in [7, 11) is 1.71. The summed E-state index contributed by atoms with van der Waals surface area (Å²) in [4.78, 5) is 2.59. The van der Waals surface area contributed by atoms with Crippen molar-refractivity contribution in [2.75, 3.05) is 26.7 Å². The second-order valence-corrected chi connectivity index (χ2v) is 8.47. The smallest absolute Gasteiger partial charge is 0.119 e. The Morgan fingerprint density at radius 2 is 1.90 bits per heavy atom. The van der Waals surface area contributed by atoms with Gasteiger partial charge in [-0.3, -0.25) is 0 Å². The molecule has 158 valence electrons. The van der Waals surface area contributed by atoms with Crippen LogP contribution in [0.2, 0.25) is 0 Å². The van der Waals surface area contributed by atoms with Crippen LogP contribution in [0.3, 0.4) is 0 Å². The van der Waals surface area contributed by atoms with Crippen molar-refractivity contribution in [1.29, 1.82) is 0 Å². The van der Waals surface area contributed by atoms with Crippen molar-refractivity contribution >= 4 is 0 Å². The van der Waals surface area contributed by atoms with Crippen LogP contribution in [0.25, 0.3) is 0 Å². The number of nitrogens with zero attached hydrogens (tertiary/aromatic N) is 1. The summed E-state index contributed by atoms with van der Waals surface area (Å²) in [5.74, 6) is 0.874. The first-order valence-corrected chi connectivity index (χ1v) is 11.3. The molecule has 2 atom stereocenters. The summed E-state index contributed by atoms with van der Waals surface area (Å²) in [6, 6.07) is 19.1. The van der Waals surface area contributed by atoms with Gasteiger partial charge in [-0.2, -0.15) is 0 Å². The van der Waals surface area contributed by atoms with E-state index in [4.69, 9.17) is 4.74 Å². The minimum absolute atomic E-state index is 0.213. The van der Waals surface area contributed by atoms with Crippen LogP contribution in [0.1, 0.15) is 56.6 Å². The number of aryl methyl sites for hydroxylation is 1. The number of hydrogen-bond donors (Lipinski definition) is 1. The van der Waals surface area contributed by atoms with Crippen molar-refractivity contribution in [2.45, 2.75) is 63.4 Å². The number of aliphatic hydroxyl groups excluding tert-OH is 1. The molecule has 1 fully saturated rings. The fraction of sp³-hybridized carbons (Fsp3) is 0.538. The number of likely N-dealkylation sites (tertiary alicyclic amines) is 1. The van der Waals surface area contributed by atoms with E-state index in [1.165, 1.54) is 36.8 Å². The molecule has 1 aliphatic heterocycles. The third-order valence-corrected chi connectivity index (χ3v) is 6.65. The van der Waals surface area contributed by atoms with Gasteiger partial charge in [0.15, 0.2) is 0 Å². The summed E-state index contributed by atoms with van der Waals surface area (Å²) >= 11 is 0. The van der Waals surface area contributed by atoms with Crippen LogP contribution in [-0.2, 0) is 11.8 Å². The first-order chi connectivity index (χ1) is 14.2. The average molecular weight is 396 g/mol. The van der Waals surface area contributed by atoms with Gasteiger partial charge in [-0.15, -0.1) is 0 Å². The van der Waals surface area contributed by atoms with E-state index in [1.54, 1.807) is 7.11 Å². The molecular weight excluding hydrogens is 358 g/mol. The maximum absolute atomic E-state index is 11.1. The molecular formula is C26H37NO2. The summed E-state index contributed by atoms with van der Waals surface area (Å²) in [6.45, 7) is 5.34. The lowest BCUT2D eigenvalue weighted by Crippen LogP contribution is -2.46. The second kappa shape index (κ2) is 10.8. The van der Waals surface area contributed by atoms with Crippen LogP contribution in [0.5, 0.6) is 5.75 Å². The molecule has 29 heavy (non-hydrogen) atoms. The molecule has 0 bridgehead atoms. The van der Waals surface area contributed by atoms with Gasteiger partial charge in [-0.1, -0.05) is 55.8 Å². The molecule has 1 aliphatic rings. The predicted molar refractivity (Wildman–Crippen MR) is 121 cm³/mol. The number of methoxy groups -OCH3 is 1. The SMILES string of the molecule is CC[C@@]1(c2cccc(OC)c2)CN(CCCCCc2ccccc2)CCC[C@H]1O. The number of benzene rings is 2. The molecule has 0 spiro atoms. The summed E-state index contributed by atoms with van der Waals surface area (Å²) < 4.78 is 5.46. The van der Waals surface area contributed by atoms with Crippen LogP contribution in [0.4, 0.5) is 0 Å². The average Bonchev–Trinajstić information content (AvgIpc) is 2.93. The van der Waals surface area contributed by atoms with E-state index in [-0.39, 0.29) is 11.5 Å². The normalized spacial score (nSPS) is 22.9. The first kappa shape index (κ1) is 21.9. The highest BCUT2D eigenvalue weighted by Gasteiger charge is 2.41. The number of rotatable bonds is 9. The van der Waals surface area contributed by atoms with E-state index in [0.29, 0.717) is 0 Å². The quantitative estimate of drug-likeness (QED) is 0.592. The maximum atomic E-state index is 11.1. The Labute approximate surface area is 176 Å². The van der Waals surface area contributed by atoms with E-state index >= 15 is 0 Å². The van der Waals surface area contributed by atoms with Crippen molar-refractivity contribution in [2.24, 2.45) is 0 Å². The van der Waals surface area contributed by atoms with Gasteiger partial charge >= 0.3 is 0 Å². The molecule has 0 radical (unpaired) electrons. The Balaban J connectivity index is 1.60.